The molecule has 1 atom stereocenters. The molecule has 2 rings (SSSR count). The molecule has 1 heterocycles. The van der Waals surface area contributed by atoms with Gasteiger partial charge in [-0.1, -0.05) is 6.07 Å². The number of hydrogen-bond acceptors (Lipinski definition) is 2. The molecule has 1 aliphatic rings. The van der Waals surface area contributed by atoms with Gasteiger partial charge in [-0.25, -0.2) is 13.2 Å². The molecule has 1 aromatic carbocycles. The van der Waals surface area contributed by atoms with E-state index in [1.807, 2.05) is 0 Å². The Morgan fingerprint density at radius 1 is 1.18 bits per heavy atom. The summed E-state index contributed by atoms with van der Waals surface area (Å²) >= 11 is 0. The highest BCUT2D eigenvalue weighted by atomic mass is 19.2. The average Bonchev–Trinajstić information content (AvgIpc) is 2.36. The maximum Gasteiger partial charge on any atom is 0.194 e. The second-order valence-electron chi connectivity index (χ2n) is 3.91. The predicted molar refractivity (Wildman–Crippen MR) is 56.5 cm³/mol. The van der Waals surface area contributed by atoms with Crippen LogP contribution in [-0.4, -0.2) is 6.61 Å². The molecule has 0 aliphatic carbocycles. The molecule has 5 heteroatoms. The van der Waals surface area contributed by atoms with Gasteiger partial charge in [0.15, 0.2) is 17.5 Å². The lowest BCUT2D eigenvalue weighted by atomic mass is 9.95. The van der Waals surface area contributed by atoms with Crippen molar-refractivity contribution in [3.8, 4) is 0 Å². The van der Waals surface area contributed by atoms with Crippen LogP contribution in [0.25, 0.3) is 0 Å². The van der Waals surface area contributed by atoms with E-state index in [9.17, 15) is 13.2 Å². The molecule has 0 spiro atoms. The van der Waals surface area contributed by atoms with Gasteiger partial charge in [-0.3, -0.25) is 0 Å². The summed E-state index contributed by atoms with van der Waals surface area (Å²) in [5.41, 5.74) is 6.44. The van der Waals surface area contributed by atoms with Crippen molar-refractivity contribution in [3.63, 3.8) is 0 Å². The molecule has 2 nitrogen and oxygen atoms in total. The van der Waals surface area contributed by atoms with E-state index in [0.717, 1.165) is 18.6 Å². The first kappa shape index (κ1) is 12.0. The minimum atomic E-state index is -1.49. The van der Waals surface area contributed by atoms with Gasteiger partial charge in [0.2, 0.25) is 0 Å². The normalized spacial score (nSPS) is 17.3. The zero-order chi connectivity index (χ0) is 12.4. The van der Waals surface area contributed by atoms with Gasteiger partial charge < -0.3 is 10.5 Å². The monoisotopic (exact) mass is 243 g/mol. The highest BCUT2D eigenvalue weighted by molar-refractivity contribution is 5.30. The summed E-state index contributed by atoms with van der Waals surface area (Å²) in [7, 11) is 0. The number of benzene rings is 1. The molecule has 0 amide bonds. The molecule has 2 N–H and O–H groups in total. The van der Waals surface area contributed by atoms with E-state index in [1.54, 1.807) is 0 Å². The van der Waals surface area contributed by atoms with Gasteiger partial charge in [-0.05, 0) is 24.5 Å². The SMILES string of the molecule is NC(C1=COCCC1)c1ccc(F)c(F)c1F. The van der Waals surface area contributed by atoms with E-state index in [2.05, 4.69) is 0 Å². The van der Waals surface area contributed by atoms with E-state index in [0.29, 0.717) is 18.6 Å². The van der Waals surface area contributed by atoms with Gasteiger partial charge in [-0.15, -0.1) is 0 Å². The lowest BCUT2D eigenvalue weighted by Crippen LogP contribution is -2.18. The van der Waals surface area contributed by atoms with Gasteiger partial charge >= 0.3 is 0 Å². The fraction of sp³-hybridized carbons (Fsp3) is 0.333. The second kappa shape index (κ2) is 4.79. The van der Waals surface area contributed by atoms with E-state index in [4.69, 9.17) is 10.5 Å². The number of halogens is 3. The highest BCUT2D eigenvalue weighted by Gasteiger charge is 2.22. The minimum Gasteiger partial charge on any atom is -0.501 e. The van der Waals surface area contributed by atoms with Crippen LogP contribution in [0.1, 0.15) is 24.4 Å². The van der Waals surface area contributed by atoms with Crippen molar-refractivity contribution in [2.75, 3.05) is 6.61 Å². The van der Waals surface area contributed by atoms with Crippen LogP contribution < -0.4 is 5.73 Å². The third-order valence-corrected chi connectivity index (χ3v) is 2.76. The van der Waals surface area contributed by atoms with Crippen molar-refractivity contribution in [3.05, 3.63) is 47.0 Å². The Hall–Kier alpha value is -1.49. The maximum atomic E-state index is 13.5. The van der Waals surface area contributed by atoms with Crippen LogP contribution in [-0.2, 0) is 4.74 Å². The third-order valence-electron chi connectivity index (χ3n) is 2.76. The molecule has 0 bridgehead atoms. The first-order valence-corrected chi connectivity index (χ1v) is 5.30. The van der Waals surface area contributed by atoms with E-state index in [1.165, 1.54) is 6.26 Å². The Morgan fingerprint density at radius 3 is 2.59 bits per heavy atom. The number of hydrogen-bond donors (Lipinski definition) is 1. The van der Waals surface area contributed by atoms with Crippen molar-refractivity contribution in [2.24, 2.45) is 5.73 Å². The van der Waals surface area contributed by atoms with Crippen LogP contribution in [0, 0.1) is 17.5 Å². The van der Waals surface area contributed by atoms with Crippen molar-refractivity contribution in [2.45, 2.75) is 18.9 Å². The zero-order valence-electron chi connectivity index (χ0n) is 9.05. The van der Waals surface area contributed by atoms with Gasteiger partial charge in [0.05, 0.1) is 18.9 Å². The largest absolute Gasteiger partial charge is 0.501 e. The summed E-state index contributed by atoms with van der Waals surface area (Å²) in [5, 5.41) is 0. The van der Waals surface area contributed by atoms with Crippen molar-refractivity contribution < 1.29 is 17.9 Å². The molecular weight excluding hydrogens is 231 g/mol. The van der Waals surface area contributed by atoms with Gasteiger partial charge in [0.25, 0.3) is 0 Å². The van der Waals surface area contributed by atoms with Crippen LogP contribution in [0.4, 0.5) is 13.2 Å². The molecule has 1 unspecified atom stereocenters. The van der Waals surface area contributed by atoms with Gasteiger partial charge in [-0.2, -0.15) is 0 Å². The Kier molecular flexibility index (Phi) is 3.38. The lowest BCUT2D eigenvalue weighted by Gasteiger charge is -2.20. The molecule has 92 valence electrons. The predicted octanol–water partition coefficient (Wildman–Crippen LogP) is 2.80. The molecule has 0 saturated carbocycles. The number of ether oxygens (including phenoxy) is 1. The first-order chi connectivity index (χ1) is 8.11. The van der Waals surface area contributed by atoms with E-state index in [-0.39, 0.29) is 5.56 Å². The van der Waals surface area contributed by atoms with Crippen LogP contribution >= 0.6 is 0 Å². The molecule has 0 radical (unpaired) electrons. The topological polar surface area (TPSA) is 35.2 Å². The summed E-state index contributed by atoms with van der Waals surface area (Å²) < 4.78 is 44.4. The first-order valence-electron chi connectivity index (χ1n) is 5.30. The highest BCUT2D eigenvalue weighted by Crippen LogP contribution is 2.28. The summed E-state index contributed by atoms with van der Waals surface area (Å²) in [6, 6.07) is 1.23. The molecular formula is C12H12F3NO. The molecule has 1 aromatic rings. The summed E-state index contributed by atoms with van der Waals surface area (Å²) in [6.07, 6.45) is 2.92. The van der Waals surface area contributed by atoms with Crippen molar-refractivity contribution in [1.82, 2.24) is 0 Å². The second-order valence-corrected chi connectivity index (χ2v) is 3.91. The maximum absolute atomic E-state index is 13.5. The Morgan fingerprint density at radius 2 is 1.94 bits per heavy atom. The molecule has 0 aromatic heterocycles. The quantitative estimate of drug-likeness (QED) is 0.810. The van der Waals surface area contributed by atoms with Crippen LogP contribution in [0.3, 0.4) is 0 Å². The summed E-state index contributed by atoms with van der Waals surface area (Å²) in [4.78, 5) is 0. The van der Waals surface area contributed by atoms with Gasteiger partial charge in [0.1, 0.15) is 0 Å². The Labute approximate surface area is 96.9 Å². The van der Waals surface area contributed by atoms with E-state index >= 15 is 0 Å². The zero-order valence-corrected chi connectivity index (χ0v) is 9.05. The van der Waals surface area contributed by atoms with Crippen LogP contribution in [0.15, 0.2) is 24.0 Å². The fourth-order valence-corrected chi connectivity index (χ4v) is 1.79. The molecule has 0 fully saturated rings. The number of rotatable bonds is 2. The number of nitrogens with two attached hydrogens (primary N) is 1. The summed E-state index contributed by atoms with van der Waals surface area (Å²) in [5.74, 6) is -3.94. The summed E-state index contributed by atoms with van der Waals surface area (Å²) in [6.45, 7) is 0.594. The fourth-order valence-electron chi connectivity index (χ4n) is 1.79. The van der Waals surface area contributed by atoms with Gasteiger partial charge in [0, 0.05) is 5.56 Å². The van der Waals surface area contributed by atoms with Crippen molar-refractivity contribution >= 4 is 0 Å². The van der Waals surface area contributed by atoms with Crippen LogP contribution in [0.2, 0.25) is 0 Å². The standard InChI is InChI=1S/C12H12F3NO/c13-9-4-3-8(10(14)11(9)15)12(16)7-2-1-5-17-6-7/h3-4,6,12H,1-2,5,16H2. The van der Waals surface area contributed by atoms with Crippen LogP contribution in [0.5, 0.6) is 0 Å². The Balaban J connectivity index is 2.34. The Bertz CT molecular complexity index is 459. The lowest BCUT2D eigenvalue weighted by molar-refractivity contribution is 0.221. The minimum absolute atomic E-state index is 0.0550. The smallest absolute Gasteiger partial charge is 0.194 e. The molecule has 1 aliphatic heterocycles. The van der Waals surface area contributed by atoms with E-state index < -0.39 is 23.5 Å². The molecule has 0 saturated heterocycles. The molecule has 17 heavy (non-hydrogen) atoms. The average molecular weight is 243 g/mol. The van der Waals surface area contributed by atoms with Crippen molar-refractivity contribution in [1.29, 1.82) is 0 Å². The third kappa shape index (κ3) is 2.29.